The van der Waals surface area contributed by atoms with Crippen molar-refractivity contribution in [1.82, 2.24) is 0 Å². The molecule has 0 aromatic rings. The summed E-state index contributed by atoms with van der Waals surface area (Å²) in [6.07, 6.45) is 13.3. The molecule has 0 aromatic carbocycles. The molecule has 1 saturated carbocycles. The van der Waals surface area contributed by atoms with E-state index in [2.05, 4.69) is 6.92 Å². The number of hydrogen-bond acceptors (Lipinski definition) is 4. The van der Waals surface area contributed by atoms with Gasteiger partial charge in [-0.1, -0.05) is 71.6 Å². The number of Topliss-reactive ketones (excluding diaryl/α,β-unsaturated/α-hetero) is 1. The molecule has 152 valence electrons. The van der Waals surface area contributed by atoms with Crippen molar-refractivity contribution in [2.45, 2.75) is 110 Å². The van der Waals surface area contributed by atoms with Gasteiger partial charge in [-0.25, -0.2) is 0 Å². The first-order valence-electron chi connectivity index (χ1n) is 10.7. The quantitative estimate of drug-likeness (QED) is 0.358. The number of carbonyl (C=O) groups excluding carboxylic acids is 2. The van der Waals surface area contributed by atoms with Crippen LogP contribution in [0.1, 0.15) is 105 Å². The van der Waals surface area contributed by atoms with Crippen LogP contribution in [0, 0.1) is 11.3 Å². The molecule has 1 N–H and O–H groups in total. The highest BCUT2D eigenvalue weighted by atomic mass is 16.5. The number of carbonyl (C=O) groups is 2. The van der Waals surface area contributed by atoms with E-state index in [-0.39, 0.29) is 11.7 Å². The van der Waals surface area contributed by atoms with Crippen LogP contribution in [0.2, 0.25) is 0 Å². The van der Waals surface area contributed by atoms with Crippen LogP contribution >= 0.6 is 0 Å². The highest BCUT2D eigenvalue weighted by Gasteiger charge is 2.58. The lowest BCUT2D eigenvalue weighted by atomic mass is 9.72. The molecule has 2 atom stereocenters. The molecule has 4 heteroatoms. The summed E-state index contributed by atoms with van der Waals surface area (Å²) >= 11 is 0. The van der Waals surface area contributed by atoms with Crippen LogP contribution in [0.5, 0.6) is 0 Å². The van der Waals surface area contributed by atoms with E-state index in [9.17, 15) is 14.7 Å². The molecule has 0 heterocycles. The first kappa shape index (κ1) is 23.1. The average Bonchev–Trinajstić information content (AvgIpc) is 2.88. The van der Waals surface area contributed by atoms with Gasteiger partial charge in [-0.15, -0.1) is 0 Å². The van der Waals surface area contributed by atoms with Crippen LogP contribution in [0.3, 0.4) is 0 Å². The molecule has 0 spiro atoms. The first-order chi connectivity index (χ1) is 12.3. The largest absolute Gasteiger partial charge is 0.465 e. The standard InChI is InChI=1S/C22H40O4/c1-5-6-7-8-9-10-11-12-13-14-17-26-20(24)21(3,4)22(25)16-15-18(2)19(22)23/h18,25H,5-17H2,1-4H3. The van der Waals surface area contributed by atoms with Crippen molar-refractivity contribution in [2.24, 2.45) is 11.3 Å². The fourth-order valence-electron chi connectivity index (χ4n) is 3.81. The zero-order chi connectivity index (χ0) is 19.6. The number of ketones is 1. The Morgan fingerprint density at radius 2 is 1.58 bits per heavy atom. The van der Waals surface area contributed by atoms with E-state index in [1.807, 2.05) is 6.92 Å². The third-order valence-electron chi connectivity index (χ3n) is 6.07. The molecule has 0 bridgehead atoms. The van der Waals surface area contributed by atoms with Gasteiger partial charge in [0, 0.05) is 5.92 Å². The maximum Gasteiger partial charge on any atom is 0.314 e. The van der Waals surface area contributed by atoms with Gasteiger partial charge < -0.3 is 9.84 Å². The molecule has 2 unspecified atom stereocenters. The lowest BCUT2D eigenvalue weighted by Gasteiger charge is -2.36. The van der Waals surface area contributed by atoms with Gasteiger partial charge in [-0.05, 0) is 33.1 Å². The molecule has 1 fully saturated rings. The van der Waals surface area contributed by atoms with Crippen molar-refractivity contribution >= 4 is 11.8 Å². The maximum atomic E-state index is 12.4. The van der Waals surface area contributed by atoms with Gasteiger partial charge in [0.2, 0.25) is 0 Å². The molecule has 1 aliphatic carbocycles. The Hall–Kier alpha value is -0.900. The fraction of sp³-hybridized carbons (Fsp3) is 0.909. The Morgan fingerprint density at radius 3 is 2.04 bits per heavy atom. The summed E-state index contributed by atoms with van der Waals surface area (Å²) in [6.45, 7) is 7.68. The van der Waals surface area contributed by atoms with Crippen LogP contribution in [-0.2, 0) is 14.3 Å². The Bertz CT molecular complexity index is 443. The second-order valence-corrected chi connectivity index (χ2v) is 8.61. The second-order valence-electron chi connectivity index (χ2n) is 8.61. The van der Waals surface area contributed by atoms with E-state index < -0.39 is 17.0 Å². The van der Waals surface area contributed by atoms with Crippen LogP contribution in [0.25, 0.3) is 0 Å². The smallest absolute Gasteiger partial charge is 0.314 e. The Kier molecular flexibility index (Phi) is 9.84. The number of unbranched alkanes of at least 4 members (excludes halogenated alkanes) is 9. The molecule has 26 heavy (non-hydrogen) atoms. The lowest BCUT2D eigenvalue weighted by Crippen LogP contribution is -2.54. The Morgan fingerprint density at radius 1 is 1.08 bits per heavy atom. The van der Waals surface area contributed by atoms with E-state index in [0.717, 1.165) is 12.8 Å². The second kappa shape index (κ2) is 11.1. The van der Waals surface area contributed by atoms with Crippen molar-refractivity contribution in [3.63, 3.8) is 0 Å². The molecule has 1 aliphatic rings. The summed E-state index contributed by atoms with van der Waals surface area (Å²) in [5.41, 5.74) is -2.77. The van der Waals surface area contributed by atoms with Crippen molar-refractivity contribution in [3.8, 4) is 0 Å². The van der Waals surface area contributed by atoms with Crippen LogP contribution in [0.15, 0.2) is 0 Å². The highest BCUT2D eigenvalue weighted by molar-refractivity contribution is 5.97. The normalized spacial score (nSPS) is 23.4. The summed E-state index contributed by atoms with van der Waals surface area (Å²) in [5, 5.41) is 10.8. The highest BCUT2D eigenvalue weighted by Crippen LogP contribution is 2.44. The van der Waals surface area contributed by atoms with Gasteiger partial charge in [0.25, 0.3) is 0 Å². The number of hydrogen-bond donors (Lipinski definition) is 1. The summed E-state index contributed by atoms with van der Waals surface area (Å²) < 4.78 is 5.39. The molecule has 1 rings (SSSR count). The Labute approximate surface area is 160 Å². The van der Waals surface area contributed by atoms with Crippen molar-refractivity contribution in [2.75, 3.05) is 6.61 Å². The minimum absolute atomic E-state index is 0.186. The van der Waals surface area contributed by atoms with E-state index in [4.69, 9.17) is 4.74 Å². The number of esters is 1. The molecular weight excluding hydrogens is 328 g/mol. The summed E-state index contributed by atoms with van der Waals surface area (Å²) in [4.78, 5) is 24.7. The van der Waals surface area contributed by atoms with Gasteiger partial charge in [0.15, 0.2) is 5.78 Å². The number of ether oxygens (including phenoxy) is 1. The lowest BCUT2D eigenvalue weighted by molar-refractivity contribution is -0.176. The van der Waals surface area contributed by atoms with Gasteiger partial charge in [0.1, 0.15) is 5.60 Å². The summed E-state index contributed by atoms with van der Waals surface area (Å²) in [5.74, 6) is -0.870. The third-order valence-corrected chi connectivity index (χ3v) is 6.07. The van der Waals surface area contributed by atoms with Gasteiger partial charge >= 0.3 is 5.97 Å². The molecule has 0 aromatic heterocycles. The van der Waals surface area contributed by atoms with Gasteiger partial charge in [0.05, 0.1) is 12.0 Å². The maximum absolute atomic E-state index is 12.4. The predicted molar refractivity (Wildman–Crippen MR) is 105 cm³/mol. The molecule has 4 nitrogen and oxygen atoms in total. The molecule has 0 radical (unpaired) electrons. The first-order valence-corrected chi connectivity index (χ1v) is 10.7. The molecule has 0 saturated heterocycles. The average molecular weight is 369 g/mol. The minimum atomic E-state index is -1.58. The van der Waals surface area contributed by atoms with E-state index in [1.165, 1.54) is 51.4 Å². The topological polar surface area (TPSA) is 63.6 Å². The van der Waals surface area contributed by atoms with Gasteiger partial charge in [-0.2, -0.15) is 0 Å². The van der Waals surface area contributed by atoms with Gasteiger partial charge in [-0.3, -0.25) is 9.59 Å². The molecule has 0 aliphatic heterocycles. The van der Waals surface area contributed by atoms with E-state index in [1.54, 1.807) is 13.8 Å². The van der Waals surface area contributed by atoms with Crippen LogP contribution in [0.4, 0.5) is 0 Å². The molecular formula is C22H40O4. The van der Waals surface area contributed by atoms with Crippen molar-refractivity contribution < 1.29 is 19.4 Å². The summed E-state index contributed by atoms with van der Waals surface area (Å²) in [7, 11) is 0. The minimum Gasteiger partial charge on any atom is -0.465 e. The number of rotatable bonds is 13. The third kappa shape index (κ3) is 6.07. The molecule has 0 amide bonds. The monoisotopic (exact) mass is 368 g/mol. The predicted octanol–water partition coefficient (Wildman–Crippen LogP) is 5.21. The van der Waals surface area contributed by atoms with Crippen LogP contribution in [-0.4, -0.2) is 29.1 Å². The SMILES string of the molecule is CCCCCCCCCCCCOC(=O)C(C)(C)C1(O)CCC(C)C1=O. The number of aliphatic hydroxyl groups is 1. The van der Waals surface area contributed by atoms with E-state index >= 15 is 0 Å². The summed E-state index contributed by atoms with van der Waals surface area (Å²) in [6, 6.07) is 0. The Balaban J connectivity index is 2.17. The van der Waals surface area contributed by atoms with E-state index in [0.29, 0.717) is 19.4 Å². The van der Waals surface area contributed by atoms with Crippen molar-refractivity contribution in [3.05, 3.63) is 0 Å². The zero-order valence-electron chi connectivity index (χ0n) is 17.4. The van der Waals surface area contributed by atoms with Crippen molar-refractivity contribution in [1.29, 1.82) is 0 Å². The zero-order valence-corrected chi connectivity index (χ0v) is 17.4. The fourth-order valence-corrected chi connectivity index (χ4v) is 3.81. The van der Waals surface area contributed by atoms with Crippen LogP contribution < -0.4 is 0 Å².